The van der Waals surface area contributed by atoms with Crippen LogP contribution in [0.5, 0.6) is 0 Å². The molecule has 0 spiro atoms. The number of hydrogen-bond acceptors (Lipinski definition) is 9. The Hall–Kier alpha value is -1.84. The van der Waals surface area contributed by atoms with Crippen LogP contribution < -0.4 is 10.0 Å². The van der Waals surface area contributed by atoms with E-state index in [9.17, 15) is 13.2 Å². The SMILES string of the molecule is CCCOCCOCCC(=O)NCCOCCOCCOCCNS(=O)(=O)c1ccc(C2CN(C)Cc3c(Cl)cc(Cl)cc32)cc1. The highest BCUT2D eigenvalue weighted by Gasteiger charge is 2.27. The van der Waals surface area contributed by atoms with Gasteiger partial charge in [-0.1, -0.05) is 42.3 Å². The highest BCUT2D eigenvalue weighted by molar-refractivity contribution is 7.89. The first-order chi connectivity index (χ1) is 22.2. The predicted molar refractivity (Wildman–Crippen MR) is 178 cm³/mol. The summed E-state index contributed by atoms with van der Waals surface area (Å²) in [5.41, 5.74) is 3.11. The van der Waals surface area contributed by atoms with Gasteiger partial charge in [0.05, 0.1) is 64.4 Å². The summed E-state index contributed by atoms with van der Waals surface area (Å²) in [7, 11) is -1.66. The molecule has 14 heteroatoms. The second kappa shape index (κ2) is 21.2. The number of carbonyl (C=O) groups excluding carboxylic acids is 1. The number of ether oxygens (including phenoxy) is 5. The lowest BCUT2D eigenvalue weighted by Gasteiger charge is -2.33. The first-order valence-corrected chi connectivity index (χ1v) is 17.9. The summed E-state index contributed by atoms with van der Waals surface area (Å²) in [6.45, 7) is 8.26. The Kier molecular flexibility index (Phi) is 17.8. The lowest BCUT2D eigenvalue weighted by molar-refractivity contribution is -0.122. The first-order valence-electron chi connectivity index (χ1n) is 15.6. The summed E-state index contributed by atoms with van der Waals surface area (Å²) in [4.78, 5) is 14.1. The average Bonchev–Trinajstić information content (AvgIpc) is 3.03. The molecule has 46 heavy (non-hydrogen) atoms. The summed E-state index contributed by atoms with van der Waals surface area (Å²) < 4.78 is 55.2. The van der Waals surface area contributed by atoms with E-state index in [-0.39, 0.29) is 29.9 Å². The lowest BCUT2D eigenvalue weighted by atomic mass is 9.85. The molecule has 0 aromatic heterocycles. The highest BCUT2D eigenvalue weighted by atomic mass is 35.5. The Bertz CT molecular complexity index is 1300. The van der Waals surface area contributed by atoms with Crippen LogP contribution in [0, 0.1) is 0 Å². The molecule has 1 amide bonds. The van der Waals surface area contributed by atoms with Gasteiger partial charge in [0.2, 0.25) is 15.9 Å². The molecule has 2 N–H and O–H groups in total. The molecule has 1 heterocycles. The monoisotopic (exact) mass is 703 g/mol. The molecular weight excluding hydrogens is 657 g/mol. The van der Waals surface area contributed by atoms with Crippen molar-refractivity contribution in [2.45, 2.75) is 37.1 Å². The van der Waals surface area contributed by atoms with E-state index in [1.54, 1.807) is 18.2 Å². The molecule has 11 nitrogen and oxygen atoms in total. The molecule has 3 rings (SSSR count). The van der Waals surface area contributed by atoms with Crippen molar-refractivity contribution in [1.29, 1.82) is 0 Å². The van der Waals surface area contributed by atoms with Crippen molar-refractivity contribution in [1.82, 2.24) is 14.9 Å². The van der Waals surface area contributed by atoms with Crippen molar-refractivity contribution < 1.29 is 36.9 Å². The average molecular weight is 705 g/mol. The summed E-state index contributed by atoms with van der Waals surface area (Å²) in [6, 6.07) is 10.6. The molecule has 0 saturated carbocycles. The largest absolute Gasteiger partial charge is 0.379 e. The fourth-order valence-electron chi connectivity index (χ4n) is 4.87. The minimum atomic E-state index is -3.69. The Morgan fingerprint density at radius 3 is 2.09 bits per heavy atom. The summed E-state index contributed by atoms with van der Waals surface area (Å²) in [5, 5.41) is 4.00. The number of halogens is 2. The number of nitrogens with zero attached hydrogens (tertiary/aromatic N) is 1. The second-order valence-electron chi connectivity index (χ2n) is 10.8. The van der Waals surface area contributed by atoms with Gasteiger partial charge in [-0.25, -0.2) is 13.1 Å². The molecule has 1 atom stereocenters. The van der Waals surface area contributed by atoms with Gasteiger partial charge in [-0.05, 0) is 54.4 Å². The van der Waals surface area contributed by atoms with E-state index >= 15 is 0 Å². The van der Waals surface area contributed by atoms with E-state index in [2.05, 4.69) is 14.9 Å². The van der Waals surface area contributed by atoms with Crippen molar-refractivity contribution in [2.24, 2.45) is 0 Å². The fourth-order valence-corrected chi connectivity index (χ4v) is 6.45. The van der Waals surface area contributed by atoms with Crippen LogP contribution in [0.1, 0.15) is 42.4 Å². The number of fused-ring (bicyclic) bond motifs is 1. The Morgan fingerprint density at radius 2 is 1.43 bits per heavy atom. The summed E-state index contributed by atoms with van der Waals surface area (Å²) in [5.74, 6) is -0.0557. The molecule has 0 fully saturated rings. The first kappa shape index (κ1) is 38.6. The van der Waals surface area contributed by atoms with Gasteiger partial charge in [-0.15, -0.1) is 0 Å². The van der Waals surface area contributed by atoms with Crippen molar-refractivity contribution in [3.8, 4) is 0 Å². The number of nitrogens with one attached hydrogen (secondary N) is 2. The molecule has 0 aliphatic carbocycles. The molecular formula is C32H47Cl2N3O8S. The third-order valence-electron chi connectivity index (χ3n) is 7.13. The number of hydrogen-bond donors (Lipinski definition) is 2. The molecule has 2 aromatic carbocycles. The van der Waals surface area contributed by atoms with Crippen LogP contribution in [0.2, 0.25) is 10.0 Å². The van der Waals surface area contributed by atoms with Crippen molar-refractivity contribution in [3.63, 3.8) is 0 Å². The standard InChI is InChI=1S/C32H47Cl2N3O8S/c1-3-11-41-15-16-42-12-8-32(38)35-9-13-43-17-19-45-20-18-44-14-10-36-46(39,40)27-6-4-25(5-7-27)29-23-37(2)24-30-28(29)21-26(33)22-31(30)34/h4-7,21-22,29,36H,3,8-20,23-24H2,1-2H3,(H,35,38). The number of carbonyl (C=O) groups is 1. The Morgan fingerprint density at radius 1 is 0.848 bits per heavy atom. The number of likely N-dealkylation sites (N-methyl/N-ethyl adjacent to an activating group) is 1. The normalized spacial score (nSPS) is 15.2. The van der Waals surface area contributed by atoms with Crippen molar-refractivity contribution >= 4 is 39.1 Å². The minimum absolute atomic E-state index is 0.0293. The van der Waals surface area contributed by atoms with Gasteiger partial charge in [0.1, 0.15) is 0 Å². The van der Waals surface area contributed by atoms with E-state index in [0.29, 0.717) is 75.9 Å². The maximum absolute atomic E-state index is 12.8. The van der Waals surface area contributed by atoms with Crippen LogP contribution in [0.15, 0.2) is 41.3 Å². The molecule has 258 valence electrons. The van der Waals surface area contributed by atoms with Gasteiger partial charge < -0.3 is 33.9 Å². The summed E-state index contributed by atoms with van der Waals surface area (Å²) in [6.07, 6.45) is 1.27. The highest BCUT2D eigenvalue weighted by Crippen LogP contribution is 2.38. The van der Waals surface area contributed by atoms with Gasteiger partial charge in [0.25, 0.3) is 0 Å². The Labute approximate surface area is 283 Å². The maximum atomic E-state index is 12.8. The smallest absolute Gasteiger partial charge is 0.240 e. The van der Waals surface area contributed by atoms with Crippen LogP contribution in [-0.4, -0.2) is 112 Å². The van der Waals surface area contributed by atoms with Gasteiger partial charge in [-0.3, -0.25) is 4.79 Å². The molecule has 1 unspecified atom stereocenters. The third-order valence-corrected chi connectivity index (χ3v) is 9.16. The van der Waals surface area contributed by atoms with Gasteiger partial charge in [-0.2, -0.15) is 0 Å². The topological polar surface area (TPSA) is 125 Å². The molecule has 0 saturated heterocycles. The lowest BCUT2D eigenvalue weighted by Crippen LogP contribution is -2.31. The number of amides is 1. The van der Waals surface area contributed by atoms with Crippen molar-refractivity contribution in [2.75, 3.05) is 92.8 Å². The van der Waals surface area contributed by atoms with E-state index in [0.717, 1.165) is 42.8 Å². The van der Waals surface area contributed by atoms with E-state index in [1.165, 1.54) is 0 Å². The number of rotatable bonds is 23. The zero-order valence-corrected chi connectivity index (χ0v) is 29.1. The second-order valence-corrected chi connectivity index (χ2v) is 13.4. The Balaban J connectivity index is 1.21. The fraction of sp³-hybridized carbons (Fsp3) is 0.594. The van der Waals surface area contributed by atoms with Crippen LogP contribution in [0.3, 0.4) is 0 Å². The van der Waals surface area contributed by atoms with Crippen LogP contribution in [0.25, 0.3) is 0 Å². The van der Waals surface area contributed by atoms with Gasteiger partial charge in [0, 0.05) is 55.2 Å². The molecule has 1 aliphatic heterocycles. The quantitative estimate of drug-likeness (QED) is 0.166. The third kappa shape index (κ3) is 13.7. The predicted octanol–water partition coefficient (Wildman–Crippen LogP) is 3.85. The zero-order valence-electron chi connectivity index (χ0n) is 26.7. The van der Waals surface area contributed by atoms with Gasteiger partial charge in [0.15, 0.2) is 0 Å². The molecule has 1 aliphatic rings. The van der Waals surface area contributed by atoms with Crippen LogP contribution >= 0.6 is 23.2 Å². The molecule has 2 aromatic rings. The van der Waals surface area contributed by atoms with Crippen molar-refractivity contribution in [3.05, 3.63) is 63.1 Å². The van der Waals surface area contributed by atoms with E-state index < -0.39 is 10.0 Å². The number of benzene rings is 2. The van der Waals surface area contributed by atoms with Crippen LogP contribution in [-0.2, 0) is 45.0 Å². The van der Waals surface area contributed by atoms with Crippen LogP contribution in [0.4, 0.5) is 0 Å². The van der Waals surface area contributed by atoms with E-state index in [4.69, 9.17) is 46.9 Å². The summed E-state index contributed by atoms with van der Waals surface area (Å²) >= 11 is 12.8. The molecule has 0 bridgehead atoms. The minimum Gasteiger partial charge on any atom is -0.379 e. The maximum Gasteiger partial charge on any atom is 0.240 e. The number of sulfonamides is 1. The zero-order chi connectivity index (χ0) is 33.2. The van der Waals surface area contributed by atoms with E-state index in [1.807, 2.05) is 32.2 Å². The van der Waals surface area contributed by atoms with Gasteiger partial charge >= 0.3 is 0 Å². The molecule has 0 radical (unpaired) electrons.